The van der Waals surface area contributed by atoms with Crippen molar-refractivity contribution < 1.29 is 0 Å². The second-order valence-corrected chi connectivity index (χ2v) is 5.24. The van der Waals surface area contributed by atoms with E-state index < -0.39 is 0 Å². The van der Waals surface area contributed by atoms with Crippen LogP contribution in [0.5, 0.6) is 0 Å². The first-order valence-corrected chi connectivity index (χ1v) is 6.98. The van der Waals surface area contributed by atoms with Gasteiger partial charge >= 0.3 is 0 Å². The molecule has 0 spiro atoms. The third kappa shape index (κ3) is 3.33. The summed E-state index contributed by atoms with van der Waals surface area (Å²) in [6.07, 6.45) is 5.84. The van der Waals surface area contributed by atoms with Crippen molar-refractivity contribution in [3.63, 3.8) is 0 Å². The van der Waals surface area contributed by atoms with E-state index in [0.717, 1.165) is 29.8 Å². The first-order chi connectivity index (χ1) is 9.11. The first kappa shape index (κ1) is 14.0. The number of nitrogens with two attached hydrogens (primary N) is 1. The molecular formula is C14H16ClN3S. The zero-order chi connectivity index (χ0) is 13.8. The molecule has 0 fully saturated rings. The van der Waals surface area contributed by atoms with E-state index in [4.69, 9.17) is 29.6 Å². The number of aromatic nitrogens is 2. The van der Waals surface area contributed by atoms with Gasteiger partial charge in [0.05, 0.1) is 6.54 Å². The molecule has 1 heterocycles. The second-order valence-electron chi connectivity index (χ2n) is 4.39. The summed E-state index contributed by atoms with van der Waals surface area (Å²) in [6.45, 7) is 2.86. The van der Waals surface area contributed by atoms with Crippen molar-refractivity contribution in [2.24, 2.45) is 5.73 Å². The van der Waals surface area contributed by atoms with Crippen LogP contribution in [0.3, 0.4) is 0 Å². The minimum Gasteiger partial charge on any atom is -0.389 e. The number of aryl methyl sites for hydroxylation is 1. The number of hydrogen-bond acceptors (Lipinski definition) is 2. The first-order valence-electron chi connectivity index (χ1n) is 6.20. The third-order valence-corrected chi connectivity index (χ3v) is 3.54. The van der Waals surface area contributed by atoms with Crippen molar-refractivity contribution in [1.82, 2.24) is 9.55 Å². The summed E-state index contributed by atoms with van der Waals surface area (Å²) in [5, 5.41) is 0.682. The van der Waals surface area contributed by atoms with Crippen molar-refractivity contribution in [2.45, 2.75) is 26.3 Å². The smallest absolute Gasteiger partial charge is 0.108 e. The Kier molecular flexibility index (Phi) is 4.56. The molecule has 0 aliphatic rings. The average molecular weight is 294 g/mol. The molecule has 0 amide bonds. The molecule has 0 aliphatic carbocycles. The van der Waals surface area contributed by atoms with Crippen molar-refractivity contribution in [2.75, 3.05) is 0 Å². The van der Waals surface area contributed by atoms with Crippen LogP contribution in [0, 0.1) is 0 Å². The van der Waals surface area contributed by atoms with Gasteiger partial charge in [0, 0.05) is 29.4 Å². The van der Waals surface area contributed by atoms with Crippen LogP contribution in [0.1, 0.15) is 30.3 Å². The van der Waals surface area contributed by atoms with Crippen molar-refractivity contribution in [1.29, 1.82) is 0 Å². The molecule has 3 nitrogen and oxygen atoms in total. The maximum atomic E-state index is 6.27. The fraction of sp³-hybridized carbons (Fsp3) is 0.286. The Balaban J connectivity index is 2.23. The number of rotatable bonds is 5. The summed E-state index contributed by atoms with van der Waals surface area (Å²) in [5.74, 6) is 1.08. The van der Waals surface area contributed by atoms with E-state index in [1.807, 2.05) is 30.6 Å². The molecule has 100 valence electrons. The van der Waals surface area contributed by atoms with Gasteiger partial charge in [-0.15, -0.1) is 0 Å². The monoisotopic (exact) mass is 293 g/mol. The van der Waals surface area contributed by atoms with Crippen LogP contribution in [-0.4, -0.2) is 14.5 Å². The van der Waals surface area contributed by atoms with Crippen molar-refractivity contribution in [3.05, 3.63) is 52.6 Å². The number of hydrogen-bond donors (Lipinski definition) is 1. The molecular weight excluding hydrogens is 278 g/mol. The van der Waals surface area contributed by atoms with E-state index in [1.165, 1.54) is 0 Å². The van der Waals surface area contributed by atoms with Gasteiger partial charge in [0.1, 0.15) is 10.8 Å². The van der Waals surface area contributed by atoms with Crippen LogP contribution in [0.2, 0.25) is 5.02 Å². The highest BCUT2D eigenvalue weighted by atomic mass is 35.5. The average Bonchev–Trinajstić information content (AvgIpc) is 2.79. The number of halogens is 1. The minimum atomic E-state index is 0.364. The quantitative estimate of drug-likeness (QED) is 0.861. The molecule has 0 unspecified atom stereocenters. The number of benzene rings is 1. The highest BCUT2D eigenvalue weighted by molar-refractivity contribution is 7.80. The molecule has 19 heavy (non-hydrogen) atoms. The molecule has 1 aromatic carbocycles. The van der Waals surface area contributed by atoms with Gasteiger partial charge in [-0.1, -0.05) is 42.9 Å². The normalized spacial score (nSPS) is 10.6. The van der Waals surface area contributed by atoms with Crippen LogP contribution in [-0.2, 0) is 13.0 Å². The van der Waals surface area contributed by atoms with E-state index in [1.54, 1.807) is 0 Å². The third-order valence-electron chi connectivity index (χ3n) is 2.95. The Morgan fingerprint density at radius 1 is 1.47 bits per heavy atom. The molecule has 0 saturated carbocycles. The number of thiocarbonyl (C=S) groups is 1. The lowest BCUT2D eigenvalue weighted by molar-refractivity contribution is 0.705. The van der Waals surface area contributed by atoms with Crippen LogP contribution in [0.15, 0.2) is 30.6 Å². The zero-order valence-electron chi connectivity index (χ0n) is 10.8. The van der Waals surface area contributed by atoms with Gasteiger partial charge in [-0.3, -0.25) is 0 Å². The lowest BCUT2D eigenvalue weighted by atomic mass is 10.1. The standard InChI is InChI=1S/C14H16ClN3S/c1-2-3-13-17-6-7-18(13)9-11-5-4-10(14(16)19)8-12(11)15/h4-8H,2-3,9H2,1H3,(H2,16,19). The predicted octanol–water partition coefficient (Wildman–Crippen LogP) is 3.17. The molecule has 2 rings (SSSR count). The van der Waals surface area contributed by atoms with E-state index in [9.17, 15) is 0 Å². The maximum Gasteiger partial charge on any atom is 0.108 e. The molecule has 0 aliphatic heterocycles. The predicted molar refractivity (Wildman–Crippen MR) is 82.7 cm³/mol. The molecule has 2 aromatic rings. The highest BCUT2D eigenvalue weighted by Gasteiger charge is 2.07. The summed E-state index contributed by atoms with van der Waals surface area (Å²) in [7, 11) is 0. The molecule has 0 atom stereocenters. The van der Waals surface area contributed by atoms with Crippen LogP contribution in [0.25, 0.3) is 0 Å². The summed E-state index contributed by atoms with van der Waals surface area (Å²) in [4.78, 5) is 4.72. The van der Waals surface area contributed by atoms with Gasteiger partial charge < -0.3 is 10.3 Å². The lowest BCUT2D eigenvalue weighted by Crippen LogP contribution is -2.10. The number of imidazole rings is 1. The fourth-order valence-electron chi connectivity index (χ4n) is 1.95. The summed E-state index contributed by atoms with van der Waals surface area (Å²) in [5.41, 5.74) is 7.42. The summed E-state index contributed by atoms with van der Waals surface area (Å²) < 4.78 is 2.12. The van der Waals surface area contributed by atoms with Crippen LogP contribution >= 0.6 is 23.8 Å². The van der Waals surface area contributed by atoms with Gasteiger partial charge in [0.15, 0.2) is 0 Å². The molecule has 2 N–H and O–H groups in total. The second kappa shape index (κ2) is 6.17. The number of nitrogens with zero attached hydrogens (tertiary/aromatic N) is 2. The summed E-state index contributed by atoms with van der Waals surface area (Å²) in [6, 6.07) is 5.68. The maximum absolute atomic E-state index is 6.27. The Hall–Kier alpha value is -1.39. The van der Waals surface area contributed by atoms with E-state index in [0.29, 0.717) is 16.6 Å². The Morgan fingerprint density at radius 3 is 2.89 bits per heavy atom. The van der Waals surface area contributed by atoms with Gasteiger partial charge in [0.25, 0.3) is 0 Å². The minimum absolute atomic E-state index is 0.364. The Morgan fingerprint density at radius 2 is 2.26 bits per heavy atom. The molecule has 0 radical (unpaired) electrons. The van der Waals surface area contributed by atoms with Gasteiger partial charge in [0.2, 0.25) is 0 Å². The van der Waals surface area contributed by atoms with Gasteiger partial charge in [-0.05, 0) is 18.1 Å². The van der Waals surface area contributed by atoms with E-state index >= 15 is 0 Å². The molecule has 0 saturated heterocycles. The molecule has 5 heteroatoms. The van der Waals surface area contributed by atoms with E-state index in [-0.39, 0.29) is 0 Å². The largest absolute Gasteiger partial charge is 0.389 e. The van der Waals surface area contributed by atoms with Crippen molar-refractivity contribution in [3.8, 4) is 0 Å². The van der Waals surface area contributed by atoms with E-state index in [2.05, 4.69) is 16.5 Å². The molecule has 1 aromatic heterocycles. The highest BCUT2D eigenvalue weighted by Crippen LogP contribution is 2.20. The topological polar surface area (TPSA) is 43.8 Å². The van der Waals surface area contributed by atoms with Crippen LogP contribution in [0.4, 0.5) is 0 Å². The van der Waals surface area contributed by atoms with Gasteiger partial charge in [-0.25, -0.2) is 4.98 Å². The van der Waals surface area contributed by atoms with Gasteiger partial charge in [-0.2, -0.15) is 0 Å². The van der Waals surface area contributed by atoms with Crippen LogP contribution < -0.4 is 5.73 Å². The Labute approximate surface area is 123 Å². The fourth-order valence-corrected chi connectivity index (χ4v) is 2.32. The molecule has 0 bridgehead atoms. The zero-order valence-corrected chi connectivity index (χ0v) is 12.3. The lowest BCUT2D eigenvalue weighted by Gasteiger charge is -2.10. The Bertz CT molecular complexity index is 592. The van der Waals surface area contributed by atoms with Crippen molar-refractivity contribution >= 4 is 28.8 Å². The SMILES string of the molecule is CCCc1nccn1Cc1ccc(C(N)=S)cc1Cl. The summed E-state index contributed by atoms with van der Waals surface area (Å²) >= 11 is 11.2.